The lowest BCUT2D eigenvalue weighted by atomic mass is 9.89. The second-order valence-electron chi connectivity index (χ2n) is 5.41. The Morgan fingerprint density at radius 2 is 2.29 bits per heavy atom. The zero-order valence-corrected chi connectivity index (χ0v) is 11.6. The second kappa shape index (κ2) is 4.83. The molecule has 4 amide bonds. The van der Waals surface area contributed by atoms with Gasteiger partial charge < -0.3 is 10.2 Å². The molecule has 0 radical (unpaired) electrons. The number of hydrogen-bond donors (Lipinski definition) is 2. The molecule has 3 rings (SSSR count). The van der Waals surface area contributed by atoms with E-state index in [2.05, 4.69) is 20.7 Å². The van der Waals surface area contributed by atoms with Crippen LogP contribution in [0.4, 0.5) is 4.79 Å². The average molecular weight is 292 g/mol. The zero-order valence-electron chi connectivity index (χ0n) is 11.6. The molecule has 9 heteroatoms. The zero-order chi connectivity index (χ0) is 15.0. The van der Waals surface area contributed by atoms with Gasteiger partial charge in [0.25, 0.3) is 5.91 Å². The molecular formula is C12H16N6O3. The molecule has 9 nitrogen and oxygen atoms in total. The van der Waals surface area contributed by atoms with E-state index < -0.39 is 17.6 Å². The van der Waals surface area contributed by atoms with E-state index >= 15 is 0 Å². The third-order valence-electron chi connectivity index (χ3n) is 4.01. The van der Waals surface area contributed by atoms with Crippen LogP contribution < -0.4 is 10.6 Å². The summed E-state index contributed by atoms with van der Waals surface area (Å²) in [4.78, 5) is 41.3. The molecule has 0 saturated carbocycles. The molecular weight excluding hydrogens is 276 g/mol. The number of nitrogens with one attached hydrogen (secondary N) is 2. The Morgan fingerprint density at radius 3 is 2.90 bits per heavy atom. The third-order valence-corrected chi connectivity index (χ3v) is 4.01. The third kappa shape index (κ3) is 2.24. The maximum absolute atomic E-state index is 12.5. The molecule has 2 N–H and O–H groups in total. The number of carbonyl (C=O) groups is 3. The number of amides is 4. The van der Waals surface area contributed by atoms with Gasteiger partial charge in [-0.3, -0.25) is 14.9 Å². The van der Waals surface area contributed by atoms with Crippen LogP contribution >= 0.6 is 0 Å². The number of urea groups is 1. The number of nitrogens with zero attached hydrogens (tertiary/aromatic N) is 4. The summed E-state index contributed by atoms with van der Waals surface area (Å²) in [5.41, 5.74) is -0.993. The van der Waals surface area contributed by atoms with Crippen LogP contribution in [-0.2, 0) is 9.59 Å². The van der Waals surface area contributed by atoms with Crippen LogP contribution in [-0.4, -0.2) is 56.1 Å². The van der Waals surface area contributed by atoms with Gasteiger partial charge in [-0.2, -0.15) is 5.10 Å². The lowest BCUT2D eigenvalue weighted by Gasteiger charge is -2.38. The summed E-state index contributed by atoms with van der Waals surface area (Å²) in [6.45, 7) is 2.47. The standard InChI is InChI=1S/C12H16N6O3/c1-8(18-7-13-6-14-18)9(19)17-4-2-3-12(5-17)10(20)15-11(21)16-12/h6-8H,2-5H2,1H3,(H2,15,16,20,21). The van der Waals surface area contributed by atoms with Gasteiger partial charge in [0.05, 0.1) is 6.54 Å². The molecule has 0 aromatic carbocycles. The van der Waals surface area contributed by atoms with Gasteiger partial charge >= 0.3 is 6.03 Å². The second-order valence-corrected chi connectivity index (χ2v) is 5.41. The highest BCUT2D eigenvalue weighted by Gasteiger charge is 2.49. The first-order valence-corrected chi connectivity index (χ1v) is 6.78. The predicted octanol–water partition coefficient (Wildman–Crippen LogP) is -0.960. The van der Waals surface area contributed by atoms with Crippen molar-refractivity contribution in [1.82, 2.24) is 30.3 Å². The number of rotatable bonds is 2. The molecule has 0 aliphatic carbocycles. The maximum atomic E-state index is 12.5. The summed E-state index contributed by atoms with van der Waals surface area (Å²) >= 11 is 0. The minimum atomic E-state index is -0.993. The molecule has 2 aliphatic rings. The summed E-state index contributed by atoms with van der Waals surface area (Å²) in [6, 6.07) is -0.999. The first-order chi connectivity index (χ1) is 10.0. The highest BCUT2D eigenvalue weighted by atomic mass is 16.2. The number of piperidine rings is 1. The van der Waals surface area contributed by atoms with Gasteiger partial charge in [0.2, 0.25) is 5.91 Å². The van der Waals surface area contributed by atoms with E-state index in [1.165, 1.54) is 17.3 Å². The Kier molecular flexibility index (Phi) is 3.11. The van der Waals surface area contributed by atoms with Crippen molar-refractivity contribution in [1.29, 1.82) is 0 Å². The van der Waals surface area contributed by atoms with E-state index in [0.717, 1.165) is 0 Å². The van der Waals surface area contributed by atoms with E-state index in [-0.39, 0.29) is 18.4 Å². The van der Waals surface area contributed by atoms with Crippen LogP contribution in [0.15, 0.2) is 12.7 Å². The highest BCUT2D eigenvalue weighted by molar-refractivity contribution is 6.07. The fraction of sp³-hybridized carbons (Fsp3) is 0.583. The number of carbonyl (C=O) groups excluding carboxylic acids is 3. The minimum Gasteiger partial charge on any atom is -0.338 e. The molecule has 2 fully saturated rings. The van der Waals surface area contributed by atoms with Crippen molar-refractivity contribution in [3.8, 4) is 0 Å². The number of likely N-dealkylation sites (tertiary alicyclic amines) is 1. The van der Waals surface area contributed by atoms with Crippen LogP contribution in [0, 0.1) is 0 Å². The number of hydrogen-bond acceptors (Lipinski definition) is 5. The molecule has 0 bridgehead atoms. The first-order valence-electron chi connectivity index (χ1n) is 6.78. The maximum Gasteiger partial charge on any atom is 0.322 e. The van der Waals surface area contributed by atoms with Crippen LogP contribution in [0.2, 0.25) is 0 Å². The van der Waals surface area contributed by atoms with Crippen molar-refractivity contribution in [2.75, 3.05) is 13.1 Å². The number of imide groups is 1. The van der Waals surface area contributed by atoms with Crippen molar-refractivity contribution >= 4 is 17.8 Å². The van der Waals surface area contributed by atoms with E-state index in [1.807, 2.05) is 0 Å². The Labute approximate surface area is 120 Å². The van der Waals surface area contributed by atoms with Crippen LogP contribution in [0.3, 0.4) is 0 Å². The lowest BCUT2D eigenvalue weighted by molar-refractivity contribution is -0.139. The molecule has 1 aromatic heterocycles. The van der Waals surface area contributed by atoms with Gasteiger partial charge in [-0.1, -0.05) is 0 Å². The fourth-order valence-corrected chi connectivity index (χ4v) is 2.85. The molecule has 1 aromatic rings. The normalized spacial score (nSPS) is 26.6. The van der Waals surface area contributed by atoms with Crippen molar-refractivity contribution in [3.05, 3.63) is 12.7 Å². The summed E-state index contributed by atoms with van der Waals surface area (Å²) in [6.07, 6.45) is 4.04. The fourth-order valence-electron chi connectivity index (χ4n) is 2.85. The topological polar surface area (TPSA) is 109 Å². The quantitative estimate of drug-likeness (QED) is 0.682. The van der Waals surface area contributed by atoms with Gasteiger partial charge in [-0.15, -0.1) is 0 Å². The van der Waals surface area contributed by atoms with Crippen molar-refractivity contribution in [2.45, 2.75) is 31.3 Å². The van der Waals surface area contributed by atoms with E-state index in [0.29, 0.717) is 19.4 Å². The van der Waals surface area contributed by atoms with Gasteiger partial charge in [-0.05, 0) is 19.8 Å². The molecule has 112 valence electrons. The van der Waals surface area contributed by atoms with E-state index in [9.17, 15) is 14.4 Å². The minimum absolute atomic E-state index is 0.145. The SMILES string of the molecule is CC(C(=O)N1CCCC2(C1)NC(=O)NC2=O)n1cncn1. The summed E-state index contributed by atoms with van der Waals surface area (Å²) in [5, 5.41) is 8.85. The van der Waals surface area contributed by atoms with Crippen LogP contribution in [0.5, 0.6) is 0 Å². The molecule has 1 spiro atoms. The lowest BCUT2D eigenvalue weighted by Crippen LogP contribution is -2.60. The first kappa shape index (κ1) is 13.5. The molecule has 3 heterocycles. The molecule has 2 atom stereocenters. The van der Waals surface area contributed by atoms with Crippen LogP contribution in [0.1, 0.15) is 25.8 Å². The van der Waals surface area contributed by atoms with Gasteiger partial charge in [-0.25, -0.2) is 14.5 Å². The molecule has 21 heavy (non-hydrogen) atoms. The van der Waals surface area contributed by atoms with Crippen molar-refractivity contribution in [2.24, 2.45) is 0 Å². The van der Waals surface area contributed by atoms with Crippen molar-refractivity contribution < 1.29 is 14.4 Å². The molecule has 2 unspecified atom stereocenters. The molecule has 2 aliphatic heterocycles. The van der Waals surface area contributed by atoms with E-state index in [4.69, 9.17) is 0 Å². The van der Waals surface area contributed by atoms with Gasteiger partial charge in [0.15, 0.2) is 0 Å². The van der Waals surface area contributed by atoms with Gasteiger partial charge in [0, 0.05) is 6.54 Å². The Balaban J connectivity index is 1.76. The number of aromatic nitrogens is 3. The Bertz CT molecular complexity index is 586. The monoisotopic (exact) mass is 292 g/mol. The summed E-state index contributed by atoms with van der Waals surface area (Å²) in [7, 11) is 0. The Hall–Kier alpha value is -2.45. The molecule has 2 saturated heterocycles. The summed E-state index contributed by atoms with van der Waals surface area (Å²) < 4.78 is 1.47. The van der Waals surface area contributed by atoms with Crippen molar-refractivity contribution in [3.63, 3.8) is 0 Å². The van der Waals surface area contributed by atoms with Gasteiger partial charge in [0.1, 0.15) is 24.2 Å². The highest BCUT2D eigenvalue weighted by Crippen LogP contribution is 2.25. The van der Waals surface area contributed by atoms with Crippen LogP contribution in [0.25, 0.3) is 0 Å². The van der Waals surface area contributed by atoms with E-state index in [1.54, 1.807) is 11.8 Å². The smallest absolute Gasteiger partial charge is 0.322 e. The largest absolute Gasteiger partial charge is 0.338 e. The average Bonchev–Trinajstić information content (AvgIpc) is 3.07. The predicted molar refractivity (Wildman–Crippen MR) is 70.0 cm³/mol. The Morgan fingerprint density at radius 1 is 1.48 bits per heavy atom. The summed E-state index contributed by atoms with van der Waals surface area (Å²) in [5.74, 6) is -0.507.